The maximum atomic E-state index is 12.0. The van der Waals surface area contributed by atoms with E-state index in [1.807, 2.05) is 0 Å². The molecule has 0 aromatic rings. The average molecular weight is 255 g/mol. The second-order valence-corrected chi connectivity index (χ2v) is 5.73. The fourth-order valence-corrected chi connectivity index (χ4v) is 4.22. The van der Waals surface area contributed by atoms with Crippen LogP contribution in [0.1, 0.15) is 34.5 Å². The molecule has 4 nitrogen and oxygen atoms in total. The molecule has 0 aromatic carbocycles. The molecule has 2 rings (SSSR count). The van der Waals surface area contributed by atoms with E-state index in [-0.39, 0.29) is 41.8 Å². The normalized spacial score (nSPS) is 35.2. The molecule has 0 aliphatic heterocycles. The van der Waals surface area contributed by atoms with E-state index in [1.165, 1.54) is 0 Å². The minimum absolute atomic E-state index is 0. The molecular weight excluding hydrogens is 239 g/mol. The van der Waals surface area contributed by atoms with Crippen LogP contribution in [-0.2, 0) is 14.2 Å². The van der Waals surface area contributed by atoms with Gasteiger partial charge in [0.1, 0.15) is 5.78 Å². The smallest absolute Gasteiger partial charge is 0.691 e. The number of carbonyl (C=O) groups is 1. The first-order valence-electron chi connectivity index (χ1n) is 5.16. The molecule has 0 heterocycles. The van der Waals surface area contributed by atoms with Gasteiger partial charge >= 0.3 is 31.0 Å². The Balaban J connectivity index is 0.00000128. The summed E-state index contributed by atoms with van der Waals surface area (Å²) < 4.78 is 4.29. The zero-order chi connectivity index (χ0) is 11.1. The van der Waals surface area contributed by atoms with Gasteiger partial charge in [0.15, 0.2) is 0 Å². The van der Waals surface area contributed by atoms with E-state index in [4.69, 9.17) is 0 Å². The van der Waals surface area contributed by atoms with Crippen molar-refractivity contribution in [2.45, 2.75) is 33.1 Å². The van der Waals surface area contributed by atoms with E-state index < -0.39 is 0 Å². The third kappa shape index (κ3) is 2.00. The van der Waals surface area contributed by atoms with Crippen LogP contribution in [-0.4, -0.2) is 11.5 Å². The van der Waals surface area contributed by atoms with Gasteiger partial charge in [-0.2, -0.15) is 4.33 Å². The van der Waals surface area contributed by atoms with Crippen molar-refractivity contribution in [3.63, 3.8) is 0 Å². The number of hydrogen-bond donors (Lipinski definition) is 0. The molecule has 0 N–H and O–H groups in total. The van der Waals surface area contributed by atoms with E-state index in [0.717, 1.165) is 24.9 Å². The van der Waals surface area contributed by atoms with Gasteiger partial charge in [-0.15, -0.1) is 0 Å². The summed E-state index contributed by atoms with van der Waals surface area (Å²) in [6.45, 7) is 4.29. The predicted octanol–water partition coefficient (Wildman–Crippen LogP) is -1.63. The van der Waals surface area contributed by atoms with Gasteiger partial charge in [-0.3, -0.25) is 9.83 Å². The van der Waals surface area contributed by atoms with Crippen LogP contribution in [0.25, 0.3) is 0 Å². The molecule has 0 aromatic heterocycles. The van der Waals surface area contributed by atoms with Crippen molar-refractivity contribution >= 4 is 17.8 Å². The van der Waals surface area contributed by atoms with Crippen LogP contribution in [0, 0.1) is 16.7 Å². The summed E-state index contributed by atoms with van der Waals surface area (Å²) >= 11 is 0.951. The van der Waals surface area contributed by atoms with Crippen molar-refractivity contribution in [2.24, 2.45) is 16.7 Å². The van der Waals surface area contributed by atoms with E-state index in [2.05, 4.69) is 23.2 Å². The molecule has 0 spiro atoms. The molecule has 2 saturated carbocycles. The number of carbonyl (C=O) groups excluding carboxylic acids is 1. The molecule has 2 unspecified atom stereocenters. The summed E-state index contributed by atoms with van der Waals surface area (Å²) in [4.78, 5) is 12.0. The number of Topliss-reactive ketones (excluding diaryl/α,β-unsaturated/α-hetero) is 1. The Morgan fingerprint density at radius 2 is 2.31 bits per heavy atom. The Hall–Kier alpha value is 0.900. The van der Waals surface area contributed by atoms with Crippen molar-refractivity contribution in [2.75, 3.05) is 5.75 Å². The molecule has 2 fully saturated rings. The van der Waals surface area contributed by atoms with Crippen molar-refractivity contribution in [1.29, 1.82) is 0 Å². The summed E-state index contributed by atoms with van der Waals surface area (Å²) in [5.74, 6) is 1.35. The number of rotatable bonds is 4. The summed E-state index contributed by atoms with van der Waals surface area (Å²) in [6.07, 6.45) is 2.71. The first kappa shape index (κ1) is 15.0. The van der Waals surface area contributed by atoms with Crippen LogP contribution in [0.4, 0.5) is 0 Å². The van der Waals surface area contributed by atoms with Gasteiger partial charge in [0.2, 0.25) is 0 Å². The predicted molar refractivity (Wildman–Crippen MR) is 54.3 cm³/mol. The fourth-order valence-electron chi connectivity index (χ4n) is 3.25. The summed E-state index contributed by atoms with van der Waals surface area (Å²) in [5, 5.41) is 13.0. The first-order chi connectivity index (χ1) is 7.04. The summed E-state index contributed by atoms with van der Waals surface area (Å²) in [5.41, 5.74) is -0.274. The Bertz CT molecular complexity index is 289. The van der Waals surface area contributed by atoms with Crippen LogP contribution in [0.3, 0.4) is 0 Å². The molecule has 0 radical (unpaired) electrons. The van der Waals surface area contributed by atoms with Crippen LogP contribution >= 0.6 is 12.0 Å². The maximum Gasteiger partial charge on any atom is 1.00 e. The number of fused-ring (bicyclic) bond motifs is 2. The second-order valence-electron chi connectivity index (χ2n) is 5.06. The van der Waals surface area contributed by atoms with Crippen LogP contribution in [0.2, 0.25) is 0 Å². The molecule has 0 amide bonds. The van der Waals surface area contributed by atoms with Crippen molar-refractivity contribution < 1.29 is 50.4 Å². The van der Waals surface area contributed by atoms with E-state index in [0.29, 0.717) is 23.9 Å². The van der Waals surface area contributed by atoms with Gasteiger partial charge < -0.3 is 5.26 Å². The maximum absolute atomic E-state index is 12.0. The summed E-state index contributed by atoms with van der Waals surface area (Å²) in [7, 11) is 0. The molecule has 6 heteroatoms. The minimum Gasteiger partial charge on any atom is -0.691 e. The van der Waals surface area contributed by atoms with Gasteiger partial charge in [-0.1, -0.05) is 13.8 Å². The second kappa shape index (κ2) is 5.26. The molecule has 2 aliphatic carbocycles. The van der Waals surface area contributed by atoms with Crippen LogP contribution in [0.5, 0.6) is 0 Å². The third-order valence-electron chi connectivity index (χ3n) is 4.52. The standard InChI is InChI=1S/C10H16O4S.Na/c1-9(2)7-3-4-10(9,8(11)5-7)6-15-14-13-12;/h7,12H,3-6H2,1-2H3;/q;+1. The zero-order valence-electron chi connectivity index (χ0n) is 10.9. The minimum atomic E-state index is -0.305. The van der Waals surface area contributed by atoms with Gasteiger partial charge in [-0.25, -0.2) is 0 Å². The van der Waals surface area contributed by atoms with Gasteiger partial charge in [-0.05, 0) is 24.2 Å². The van der Waals surface area contributed by atoms with Crippen LogP contribution in [0.15, 0.2) is 0 Å². The Labute approximate surface area is 123 Å². The SMILES string of the molecule is CC1(C)C2CCC1(CSOO[O-])C(=O)C2.[H+].[Na+]. The molecule has 0 saturated heterocycles. The number of ketones is 1. The molecular formula is C10H16NaO4S+. The topological polar surface area (TPSA) is 58.6 Å². The van der Waals surface area contributed by atoms with E-state index >= 15 is 0 Å². The number of hydrogen-bond acceptors (Lipinski definition) is 5. The van der Waals surface area contributed by atoms with Gasteiger partial charge in [0, 0.05) is 29.6 Å². The van der Waals surface area contributed by atoms with E-state index in [9.17, 15) is 10.1 Å². The summed E-state index contributed by atoms with van der Waals surface area (Å²) in [6, 6.07) is 0. The average Bonchev–Trinajstić information content (AvgIpc) is 2.52. The first-order valence-corrected chi connectivity index (χ1v) is 6.07. The Morgan fingerprint density at radius 1 is 1.62 bits per heavy atom. The third-order valence-corrected chi connectivity index (χ3v) is 5.28. The van der Waals surface area contributed by atoms with Crippen molar-refractivity contribution in [1.82, 2.24) is 0 Å². The zero-order valence-corrected chi connectivity index (χ0v) is 12.8. The molecule has 2 atom stereocenters. The van der Waals surface area contributed by atoms with E-state index in [1.54, 1.807) is 0 Å². The van der Waals surface area contributed by atoms with Crippen LogP contribution < -0.4 is 34.8 Å². The van der Waals surface area contributed by atoms with Crippen molar-refractivity contribution in [3.8, 4) is 0 Å². The monoisotopic (exact) mass is 255 g/mol. The molecule has 2 bridgehead atoms. The molecule has 16 heavy (non-hydrogen) atoms. The fraction of sp³-hybridized carbons (Fsp3) is 0.900. The van der Waals surface area contributed by atoms with Crippen molar-refractivity contribution in [3.05, 3.63) is 0 Å². The molecule has 86 valence electrons. The Kier molecular flexibility index (Phi) is 4.92. The quantitative estimate of drug-likeness (QED) is 0.198. The van der Waals surface area contributed by atoms with Gasteiger partial charge in [0.25, 0.3) is 0 Å². The Morgan fingerprint density at radius 3 is 2.75 bits per heavy atom. The largest absolute Gasteiger partial charge is 1.00 e. The molecule has 2 aliphatic rings. The van der Waals surface area contributed by atoms with Gasteiger partial charge in [0.05, 0.1) is 0 Å².